The summed E-state index contributed by atoms with van der Waals surface area (Å²) >= 11 is 0. The van der Waals surface area contributed by atoms with Crippen molar-refractivity contribution < 1.29 is 9.53 Å². The van der Waals surface area contributed by atoms with Gasteiger partial charge in [-0.15, -0.1) is 0 Å². The van der Waals surface area contributed by atoms with Crippen LogP contribution in [0.3, 0.4) is 0 Å². The van der Waals surface area contributed by atoms with Crippen molar-refractivity contribution in [1.29, 1.82) is 0 Å². The van der Waals surface area contributed by atoms with E-state index in [1.807, 2.05) is 42.5 Å². The van der Waals surface area contributed by atoms with Gasteiger partial charge in [0.25, 0.3) is 0 Å². The summed E-state index contributed by atoms with van der Waals surface area (Å²) < 4.78 is 4.50. The highest BCUT2D eigenvalue weighted by atomic mass is 16.5. The Morgan fingerprint density at radius 3 is 2.53 bits per heavy atom. The Balaban J connectivity index is 2.37. The zero-order valence-electron chi connectivity index (χ0n) is 10.4. The van der Waals surface area contributed by atoms with Crippen LogP contribution < -0.4 is 5.43 Å². The number of hydrogen-bond donors (Lipinski definition) is 1. The number of nitrogens with one attached hydrogen (secondary N) is 1. The first kappa shape index (κ1) is 12.8. The number of amides is 1. The Kier molecular flexibility index (Phi) is 4.23. The van der Waals surface area contributed by atoms with Gasteiger partial charge in [0.1, 0.15) is 0 Å². The van der Waals surface area contributed by atoms with Gasteiger partial charge in [-0.3, -0.25) is 4.98 Å². The van der Waals surface area contributed by atoms with Gasteiger partial charge in [0, 0.05) is 23.5 Å². The van der Waals surface area contributed by atoms with E-state index in [2.05, 4.69) is 20.2 Å². The van der Waals surface area contributed by atoms with Crippen molar-refractivity contribution in [2.45, 2.75) is 0 Å². The van der Waals surface area contributed by atoms with E-state index in [4.69, 9.17) is 0 Å². The molecule has 0 fully saturated rings. The van der Waals surface area contributed by atoms with Crippen LogP contribution in [0.25, 0.3) is 0 Å². The van der Waals surface area contributed by atoms with Crippen LogP contribution >= 0.6 is 0 Å². The number of hydrogen-bond acceptors (Lipinski definition) is 4. The minimum atomic E-state index is -0.614. The van der Waals surface area contributed by atoms with Crippen LogP contribution in [-0.4, -0.2) is 23.9 Å². The minimum absolute atomic E-state index is 0.614. The molecule has 1 N–H and O–H groups in total. The molecule has 0 aliphatic rings. The number of methoxy groups -OCH3 is 1. The molecule has 1 aromatic carbocycles. The van der Waals surface area contributed by atoms with Gasteiger partial charge in [-0.2, -0.15) is 5.10 Å². The van der Waals surface area contributed by atoms with Gasteiger partial charge in [0.15, 0.2) is 0 Å². The zero-order chi connectivity index (χ0) is 13.5. The summed E-state index contributed by atoms with van der Waals surface area (Å²) in [5.74, 6) is 0. The zero-order valence-corrected chi connectivity index (χ0v) is 10.4. The first-order chi connectivity index (χ1) is 9.31. The fourth-order valence-electron chi connectivity index (χ4n) is 1.54. The number of carbonyl (C=O) groups is 1. The third-order valence-corrected chi connectivity index (χ3v) is 2.43. The fraction of sp³-hybridized carbons (Fsp3) is 0.0714. The highest BCUT2D eigenvalue weighted by Gasteiger charge is 2.07. The fourth-order valence-corrected chi connectivity index (χ4v) is 1.54. The first-order valence-electron chi connectivity index (χ1n) is 5.68. The molecule has 0 bridgehead atoms. The lowest BCUT2D eigenvalue weighted by Gasteiger charge is -2.06. The standard InChI is InChI=1S/C14H13N3O2/c1-19-14(18)17-16-13(11-6-3-2-4-7-11)12-8-5-9-15-10-12/h2-10H,1H3,(H,17,18). The Labute approximate surface area is 110 Å². The molecule has 1 heterocycles. The average Bonchev–Trinajstić information content (AvgIpc) is 2.49. The van der Waals surface area contributed by atoms with Crippen molar-refractivity contribution in [3.05, 3.63) is 66.0 Å². The van der Waals surface area contributed by atoms with E-state index in [1.165, 1.54) is 7.11 Å². The predicted molar refractivity (Wildman–Crippen MR) is 71.9 cm³/mol. The largest absolute Gasteiger partial charge is 0.452 e. The molecule has 0 radical (unpaired) electrons. The second-order valence-corrected chi connectivity index (χ2v) is 3.67. The van der Waals surface area contributed by atoms with Crippen molar-refractivity contribution in [2.24, 2.45) is 5.10 Å². The summed E-state index contributed by atoms with van der Waals surface area (Å²) in [5.41, 5.74) is 4.64. The molecule has 0 aliphatic heterocycles. The number of aromatic nitrogens is 1. The van der Waals surface area contributed by atoms with Gasteiger partial charge in [-0.1, -0.05) is 30.3 Å². The van der Waals surface area contributed by atoms with Gasteiger partial charge < -0.3 is 4.74 Å². The van der Waals surface area contributed by atoms with Gasteiger partial charge >= 0.3 is 6.09 Å². The highest BCUT2D eigenvalue weighted by molar-refractivity contribution is 6.12. The Bertz CT molecular complexity index is 526. The van der Waals surface area contributed by atoms with E-state index in [9.17, 15) is 4.79 Å². The smallest absolute Gasteiger partial charge is 0.427 e. The molecular formula is C14H13N3O2. The van der Waals surface area contributed by atoms with Crippen molar-refractivity contribution in [1.82, 2.24) is 10.4 Å². The van der Waals surface area contributed by atoms with Crippen LogP contribution in [0.5, 0.6) is 0 Å². The Hall–Kier alpha value is -2.69. The van der Waals surface area contributed by atoms with Crippen molar-refractivity contribution >= 4 is 11.8 Å². The predicted octanol–water partition coefficient (Wildman–Crippen LogP) is 2.19. The van der Waals surface area contributed by atoms with Crippen LogP contribution in [0.1, 0.15) is 11.1 Å². The summed E-state index contributed by atoms with van der Waals surface area (Å²) in [6, 6.07) is 13.2. The van der Waals surface area contributed by atoms with Gasteiger partial charge in [0.2, 0.25) is 0 Å². The van der Waals surface area contributed by atoms with Gasteiger partial charge in [0.05, 0.1) is 12.8 Å². The molecule has 5 nitrogen and oxygen atoms in total. The highest BCUT2D eigenvalue weighted by Crippen LogP contribution is 2.09. The molecule has 0 aliphatic carbocycles. The van der Waals surface area contributed by atoms with E-state index in [1.54, 1.807) is 12.4 Å². The number of rotatable bonds is 3. The molecule has 0 unspecified atom stereocenters. The third-order valence-electron chi connectivity index (χ3n) is 2.43. The maximum atomic E-state index is 11.1. The number of hydrazone groups is 1. The van der Waals surface area contributed by atoms with E-state index < -0.39 is 6.09 Å². The van der Waals surface area contributed by atoms with Crippen molar-refractivity contribution in [3.8, 4) is 0 Å². The van der Waals surface area contributed by atoms with E-state index in [-0.39, 0.29) is 0 Å². The molecule has 2 aromatic rings. The first-order valence-corrected chi connectivity index (χ1v) is 5.68. The second kappa shape index (κ2) is 6.30. The maximum absolute atomic E-state index is 11.1. The quantitative estimate of drug-likeness (QED) is 0.675. The Morgan fingerprint density at radius 1 is 1.16 bits per heavy atom. The van der Waals surface area contributed by atoms with Crippen molar-refractivity contribution in [3.63, 3.8) is 0 Å². The van der Waals surface area contributed by atoms with Crippen LogP contribution in [0.4, 0.5) is 4.79 Å². The summed E-state index contributed by atoms with van der Waals surface area (Å²) in [6.45, 7) is 0. The van der Waals surface area contributed by atoms with E-state index >= 15 is 0 Å². The van der Waals surface area contributed by atoms with E-state index in [0.29, 0.717) is 5.71 Å². The topological polar surface area (TPSA) is 63.6 Å². The van der Waals surface area contributed by atoms with Gasteiger partial charge in [-0.05, 0) is 12.1 Å². The SMILES string of the molecule is COC(=O)NN=C(c1ccccc1)c1cccnc1. The summed E-state index contributed by atoms with van der Waals surface area (Å²) in [7, 11) is 1.29. The summed E-state index contributed by atoms with van der Waals surface area (Å²) in [5, 5.41) is 4.09. The number of nitrogens with zero attached hydrogens (tertiary/aromatic N) is 2. The molecule has 0 spiro atoms. The second-order valence-electron chi connectivity index (χ2n) is 3.67. The lowest BCUT2D eigenvalue weighted by Crippen LogP contribution is -2.20. The molecule has 0 saturated carbocycles. The molecule has 0 saturated heterocycles. The van der Waals surface area contributed by atoms with E-state index in [0.717, 1.165) is 11.1 Å². The summed E-state index contributed by atoms with van der Waals surface area (Å²) in [6.07, 6.45) is 2.75. The number of carbonyl (C=O) groups excluding carboxylic acids is 1. The lowest BCUT2D eigenvalue weighted by molar-refractivity contribution is 0.171. The maximum Gasteiger partial charge on any atom is 0.427 e. The minimum Gasteiger partial charge on any atom is -0.452 e. The number of benzene rings is 1. The monoisotopic (exact) mass is 255 g/mol. The molecule has 1 aromatic heterocycles. The molecule has 19 heavy (non-hydrogen) atoms. The van der Waals surface area contributed by atoms with Crippen LogP contribution in [0, 0.1) is 0 Å². The van der Waals surface area contributed by atoms with Crippen LogP contribution in [0.2, 0.25) is 0 Å². The summed E-state index contributed by atoms with van der Waals surface area (Å²) in [4.78, 5) is 15.2. The molecule has 1 amide bonds. The molecular weight excluding hydrogens is 242 g/mol. The van der Waals surface area contributed by atoms with Crippen molar-refractivity contribution in [2.75, 3.05) is 7.11 Å². The average molecular weight is 255 g/mol. The molecule has 96 valence electrons. The van der Waals surface area contributed by atoms with Crippen LogP contribution in [-0.2, 0) is 4.74 Å². The van der Waals surface area contributed by atoms with Crippen LogP contribution in [0.15, 0.2) is 60.0 Å². The molecule has 5 heteroatoms. The number of pyridine rings is 1. The Morgan fingerprint density at radius 2 is 1.89 bits per heavy atom. The molecule has 0 atom stereocenters. The molecule has 2 rings (SSSR count). The van der Waals surface area contributed by atoms with Gasteiger partial charge in [-0.25, -0.2) is 10.2 Å². The number of ether oxygens (including phenoxy) is 1. The lowest BCUT2D eigenvalue weighted by atomic mass is 10.0. The third kappa shape index (κ3) is 3.38. The normalized spacial score (nSPS) is 10.9.